The third-order valence-electron chi connectivity index (χ3n) is 3.07. The van der Waals surface area contributed by atoms with E-state index >= 15 is 0 Å². The van der Waals surface area contributed by atoms with Crippen molar-refractivity contribution in [2.24, 2.45) is 0 Å². The molecule has 2 rings (SSSR count). The Bertz CT molecular complexity index is 574. The van der Waals surface area contributed by atoms with Crippen molar-refractivity contribution in [3.05, 3.63) is 53.9 Å². The molecule has 0 aliphatic rings. The second-order valence-corrected chi connectivity index (χ2v) is 4.75. The Morgan fingerprint density at radius 2 is 1.84 bits per heavy atom. The minimum absolute atomic E-state index is 0.0678. The standard InChI is InChI=1S/C16H18N2O/c1-11(2)15-14(5-4-10-18-15)12-6-8-13(9-7-12)16(19)17-3/h4-11H,1-3H3,(H,17,19). The molecule has 19 heavy (non-hydrogen) atoms. The molecular formula is C16H18N2O. The first kappa shape index (κ1) is 13.3. The summed E-state index contributed by atoms with van der Waals surface area (Å²) in [6, 6.07) is 11.6. The zero-order valence-corrected chi connectivity index (χ0v) is 11.5. The molecule has 0 fully saturated rings. The highest BCUT2D eigenvalue weighted by atomic mass is 16.1. The van der Waals surface area contributed by atoms with E-state index in [1.54, 1.807) is 7.05 Å². The Morgan fingerprint density at radius 1 is 1.16 bits per heavy atom. The lowest BCUT2D eigenvalue weighted by Gasteiger charge is -2.11. The average molecular weight is 254 g/mol. The first-order valence-corrected chi connectivity index (χ1v) is 6.41. The topological polar surface area (TPSA) is 42.0 Å². The van der Waals surface area contributed by atoms with Crippen LogP contribution in [-0.2, 0) is 0 Å². The van der Waals surface area contributed by atoms with E-state index in [-0.39, 0.29) is 5.91 Å². The molecule has 0 saturated heterocycles. The smallest absolute Gasteiger partial charge is 0.251 e. The molecular weight excluding hydrogens is 236 g/mol. The van der Waals surface area contributed by atoms with Crippen LogP contribution in [-0.4, -0.2) is 17.9 Å². The molecule has 3 nitrogen and oxygen atoms in total. The van der Waals surface area contributed by atoms with Crippen molar-refractivity contribution in [3.63, 3.8) is 0 Å². The molecule has 0 atom stereocenters. The van der Waals surface area contributed by atoms with Crippen LogP contribution < -0.4 is 5.32 Å². The molecule has 98 valence electrons. The highest BCUT2D eigenvalue weighted by molar-refractivity contribution is 5.94. The molecule has 0 bridgehead atoms. The van der Waals surface area contributed by atoms with Crippen molar-refractivity contribution in [1.82, 2.24) is 10.3 Å². The Kier molecular flexibility index (Phi) is 3.95. The Morgan fingerprint density at radius 3 is 2.42 bits per heavy atom. The molecule has 0 aliphatic carbocycles. The molecule has 1 aromatic heterocycles. The number of carbonyl (C=O) groups is 1. The number of amides is 1. The van der Waals surface area contributed by atoms with E-state index < -0.39 is 0 Å². The van der Waals surface area contributed by atoms with Crippen molar-refractivity contribution < 1.29 is 4.79 Å². The first-order valence-electron chi connectivity index (χ1n) is 6.41. The third kappa shape index (κ3) is 2.81. The maximum absolute atomic E-state index is 11.5. The number of carbonyl (C=O) groups excluding carboxylic acids is 1. The van der Waals surface area contributed by atoms with Gasteiger partial charge in [0.25, 0.3) is 5.91 Å². The number of hydrogen-bond donors (Lipinski definition) is 1. The van der Waals surface area contributed by atoms with Crippen LogP contribution in [0, 0.1) is 0 Å². The van der Waals surface area contributed by atoms with Gasteiger partial charge in [-0.2, -0.15) is 0 Å². The van der Waals surface area contributed by atoms with Gasteiger partial charge >= 0.3 is 0 Å². The molecule has 0 unspecified atom stereocenters. The number of nitrogens with zero attached hydrogens (tertiary/aromatic N) is 1. The van der Waals surface area contributed by atoms with Gasteiger partial charge in [-0.05, 0) is 29.7 Å². The van der Waals surface area contributed by atoms with Crippen molar-refractivity contribution in [2.45, 2.75) is 19.8 Å². The quantitative estimate of drug-likeness (QED) is 0.913. The molecule has 0 radical (unpaired) electrons. The van der Waals surface area contributed by atoms with E-state index in [1.807, 2.05) is 36.5 Å². The lowest BCUT2D eigenvalue weighted by Crippen LogP contribution is -2.17. The normalized spacial score (nSPS) is 10.5. The Labute approximate surface area is 113 Å². The monoisotopic (exact) mass is 254 g/mol. The van der Waals surface area contributed by atoms with Gasteiger partial charge in [-0.3, -0.25) is 9.78 Å². The van der Waals surface area contributed by atoms with Gasteiger partial charge in [0.1, 0.15) is 0 Å². The van der Waals surface area contributed by atoms with Crippen LogP contribution in [0.2, 0.25) is 0 Å². The van der Waals surface area contributed by atoms with Crippen LogP contribution in [0.4, 0.5) is 0 Å². The maximum atomic E-state index is 11.5. The highest BCUT2D eigenvalue weighted by Gasteiger charge is 2.10. The summed E-state index contributed by atoms with van der Waals surface area (Å²) in [5, 5.41) is 2.62. The van der Waals surface area contributed by atoms with Crippen LogP contribution in [0.15, 0.2) is 42.6 Å². The molecule has 1 heterocycles. The molecule has 1 amide bonds. The van der Waals surface area contributed by atoms with Crippen molar-refractivity contribution in [1.29, 1.82) is 0 Å². The minimum atomic E-state index is -0.0678. The fourth-order valence-electron chi connectivity index (χ4n) is 2.07. The van der Waals surface area contributed by atoms with Crippen LogP contribution in [0.25, 0.3) is 11.1 Å². The largest absolute Gasteiger partial charge is 0.355 e. The van der Waals surface area contributed by atoms with Gasteiger partial charge in [0.15, 0.2) is 0 Å². The number of aromatic nitrogens is 1. The summed E-state index contributed by atoms with van der Waals surface area (Å²) in [6.07, 6.45) is 1.82. The van der Waals surface area contributed by atoms with Gasteiger partial charge in [-0.25, -0.2) is 0 Å². The maximum Gasteiger partial charge on any atom is 0.251 e. The predicted molar refractivity (Wildman–Crippen MR) is 77.2 cm³/mol. The molecule has 0 aliphatic heterocycles. The summed E-state index contributed by atoms with van der Waals surface area (Å²) < 4.78 is 0. The second-order valence-electron chi connectivity index (χ2n) is 4.75. The van der Waals surface area contributed by atoms with E-state index in [9.17, 15) is 4.79 Å². The molecule has 0 saturated carbocycles. The van der Waals surface area contributed by atoms with Gasteiger partial charge in [0.05, 0.1) is 5.69 Å². The van der Waals surface area contributed by atoms with Gasteiger partial charge in [-0.1, -0.05) is 32.0 Å². The summed E-state index contributed by atoms with van der Waals surface area (Å²) in [7, 11) is 1.63. The lowest BCUT2D eigenvalue weighted by molar-refractivity contribution is 0.0963. The van der Waals surface area contributed by atoms with Crippen LogP contribution in [0.1, 0.15) is 35.8 Å². The number of benzene rings is 1. The molecule has 0 spiro atoms. The van der Waals surface area contributed by atoms with Gasteiger partial charge < -0.3 is 5.32 Å². The molecule has 3 heteroatoms. The van der Waals surface area contributed by atoms with Crippen molar-refractivity contribution in [3.8, 4) is 11.1 Å². The van der Waals surface area contributed by atoms with Crippen LogP contribution >= 0.6 is 0 Å². The van der Waals surface area contributed by atoms with Gasteiger partial charge in [0, 0.05) is 24.4 Å². The summed E-state index contributed by atoms with van der Waals surface area (Å²) >= 11 is 0. The van der Waals surface area contributed by atoms with Crippen LogP contribution in [0.3, 0.4) is 0 Å². The predicted octanol–water partition coefficient (Wildman–Crippen LogP) is 3.23. The molecule has 1 N–H and O–H groups in total. The van der Waals surface area contributed by atoms with E-state index in [2.05, 4.69) is 30.2 Å². The Hall–Kier alpha value is -2.16. The highest BCUT2D eigenvalue weighted by Crippen LogP contribution is 2.27. The van der Waals surface area contributed by atoms with E-state index in [4.69, 9.17) is 0 Å². The lowest BCUT2D eigenvalue weighted by atomic mass is 9.97. The first-order chi connectivity index (χ1) is 9.13. The number of nitrogens with one attached hydrogen (secondary N) is 1. The van der Waals surface area contributed by atoms with Gasteiger partial charge in [0.2, 0.25) is 0 Å². The number of hydrogen-bond acceptors (Lipinski definition) is 2. The van der Waals surface area contributed by atoms with Gasteiger partial charge in [-0.15, -0.1) is 0 Å². The number of pyridine rings is 1. The third-order valence-corrected chi connectivity index (χ3v) is 3.07. The fourth-order valence-corrected chi connectivity index (χ4v) is 2.07. The number of rotatable bonds is 3. The average Bonchev–Trinajstić information content (AvgIpc) is 2.46. The zero-order valence-electron chi connectivity index (χ0n) is 11.5. The summed E-state index contributed by atoms with van der Waals surface area (Å²) in [5.41, 5.74) is 3.96. The van der Waals surface area contributed by atoms with E-state index in [0.717, 1.165) is 16.8 Å². The van der Waals surface area contributed by atoms with Crippen molar-refractivity contribution >= 4 is 5.91 Å². The van der Waals surface area contributed by atoms with Crippen molar-refractivity contribution in [2.75, 3.05) is 7.05 Å². The second kappa shape index (κ2) is 5.65. The molecule has 2 aromatic rings. The van der Waals surface area contributed by atoms with Crippen LogP contribution in [0.5, 0.6) is 0 Å². The van der Waals surface area contributed by atoms with E-state index in [0.29, 0.717) is 11.5 Å². The molecule has 1 aromatic carbocycles. The summed E-state index contributed by atoms with van der Waals surface area (Å²) in [5.74, 6) is 0.302. The summed E-state index contributed by atoms with van der Waals surface area (Å²) in [4.78, 5) is 16.0. The SMILES string of the molecule is CNC(=O)c1ccc(-c2cccnc2C(C)C)cc1. The fraction of sp³-hybridized carbons (Fsp3) is 0.250. The summed E-state index contributed by atoms with van der Waals surface area (Å²) in [6.45, 7) is 4.26. The zero-order chi connectivity index (χ0) is 13.8. The Balaban J connectivity index is 2.40. The van der Waals surface area contributed by atoms with E-state index in [1.165, 1.54) is 0 Å². The minimum Gasteiger partial charge on any atom is -0.355 e.